The quantitative estimate of drug-likeness (QED) is 0.396. The Hall–Kier alpha value is -2.97. The van der Waals surface area contributed by atoms with Gasteiger partial charge in [-0.15, -0.1) is 0 Å². The maximum atomic E-state index is 12.8. The number of hydrogen-bond donors (Lipinski definition) is 1. The number of aromatic nitrogens is 1. The van der Waals surface area contributed by atoms with Crippen LogP contribution in [0.2, 0.25) is 0 Å². The third-order valence-corrected chi connectivity index (χ3v) is 6.75. The average molecular weight is 441 g/mol. The molecule has 8 heteroatoms. The zero-order valence-corrected chi connectivity index (χ0v) is 18.1. The molecule has 1 heterocycles. The molecular weight excluding hydrogens is 420 g/mol. The van der Waals surface area contributed by atoms with Crippen LogP contribution >= 0.6 is 11.8 Å². The van der Waals surface area contributed by atoms with Crippen molar-refractivity contribution < 1.29 is 17.6 Å². The molecule has 1 N–H and O–H groups in total. The van der Waals surface area contributed by atoms with Gasteiger partial charge in [0.25, 0.3) is 15.2 Å². The number of oxazole rings is 1. The van der Waals surface area contributed by atoms with E-state index in [0.717, 1.165) is 5.56 Å². The van der Waals surface area contributed by atoms with Gasteiger partial charge in [0.2, 0.25) is 0 Å². The number of benzene rings is 3. The maximum Gasteiger partial charge on any atom is 0.262 e. The van der Waals surface area contributed by atoms with Crippen LogP contribution in [0, 0.1) is 6.92 Å². The number of para-hydroxylation sites is 2. The molecule has 0 atom stereocenters. The summed E-state index contributed by atoms with van der Waals surface area (Å²) in [5.41, 5.74) is 3.77. The standard InChI is InChI=1S/C22H20N2O4S2/c1-15-7-9-16(10-8-15)14-29-22-23-19-13-17(11-12-21(19)28-22)30(25,26)24-18-5-3-4-6-20(18)27-2/h3-13,24H,14H2,1-2H3. The molecule has 0 saturated carbocycles. The van der Waals surface area contributed by atoms with Crippen molar-refractivity contribution in [3.8, 4) is 5.75 Å². The van der Waals surface area contributed by atoms with Crippen LogP contribution in [0.3, 0.4) is 0 Å². The molecule has 0 bridgehead atoms. The van der Waals surface area contributed by atoms with Crippen molar-refractivity contribution in [2.45, 2.75) is 22.8 Å². The molecule has 4 rings (SSSR count). The van der Waals surface area contributed by atoms with Gasteiger partial charge in [-0.1, -0.05) is 53.7 Å². The minimum Gasteiger partial charge on any atom is -0.495 e. The van der Waals surface area contributed by atoms with Crippen LogP contribution in [0.1, 0.15) is 11.1 Å². The van der Waals surface area contributed by atoms with Crippen LogP contribution in [0.15, 0.2) is 81.3 Å². The average Bonchev–Trinajstić information content (AvgIpc) is 3.16. The largest absolute Gasteiger partial charge is 0.495 e. The van der Waals surface area contributed by atoms with Crippen LogP contribution in [0.5, 0.6) is 5.75 Å². The van der Waals surface area contributed by atoms with Crippen molar-refractivity contribution >= 4 is 38.6 Å². The third-order valence-electron chi connectivity index (χ3n) is 4.48. The first kappa shape index (κ1) is 20.3. The second kappa shape index (κ2) is 8.41. The molecule has 4 aromatic rings. The summed E-state index contributed by atoms with van der Waals surface area (Å²) >= 11 is 1.47. The Kier molecular flexibility index (Phi) is 5.69. The Morgan fingerprint density at radius 1 is 1.07 bits per heavy atom. The van der Waals surface area contributed by atoms with Gasteiger partial charge < -0.3 is 9.15 Å². The highest BCUT2D eigenvalue weighted by Crippen LogP contribution is 2.30. The van der Waals surface area contributed by atoms with Crippen LogP contribution in [0.25, 0.3) is 11.1 Å². The first-order valence-corrected chi connectivity index (χ1v) is 11.7. The number of aryl methyl sites for hydroxylation is 1. The summed E-state index contributed by atoms with van der Waals surface area (Å²) in [5, 5.41) is 0.498. The summed E-state index contributed by atoms with van der Waals surface area (Å²) < 4.78 is 39.2. The fourth-order valence-electron chi connectivity index (χ4n) is 2.88. The Balaban J connectivity index is 1.54. The van der Waals surface area contributed by atoms with E-state index in [0.29, 0.717) is 33.5 Å². The number of sulfonamides is 1. The molecule has 0 aliphatic carbocycles. The summed E-state index contributed by atoms with van der Waals surface area (Å²) in [6.07, 6.45) is 0. The van der Waals surface area contributed by atoms with Gasteiger partial charge in [-0.3, -0.25) is 4.72 Å². The molecule has 154 valence electrons. The molecule has 3 aromatic carbocycles. The number of thioether (sulfide) groups is 1. The van der Waals surface area contributed by atoms with Crippen molar-refractivity contribution in [2.24, 2.45) is 0 Å². The second-order valence-electron chi connectivity index (χ2n) is 6.69. The van der Waals surface area contributed by atoms with Gasteiger partial charge in [-0.2, -0.15) is 0 Å². The van der Waals surface area contributed by atoms with E-state index < -0.39 is 10.0 Å². The number of methoxy groups -OCH3 is 1. The summed E-state index contributed by atoms with van der Waals surface area (Å²) in [5.74, 6) is 1.16. The predicted molar refractivity (Wildman–Crippen MR) is 119 cm³/mol. The van der Waals surface area contributed by atoms with E-state index >= 15 is 0 Å². The molecule has 1 aromatic heterocycles. The highest BCUT2D eigenvalue weighted by molar-refractivity contribution is 7.98. The topological polar surface area (TPSA) is 81.4 Å². The second-order valence-corrected chi connectivity index (χ2v) is 9.30. The zero-order chi connectivity index (χ0) is 21.1. The fraction of sp³-hybridized carbons (Fsp3) is 0.136. The maximum absolute atomic E-state index is 12.8. The SMILES string of the molecule is COc1ccccc1NS(=O)(=O)c1ccc2oc(SCc3ccc(C)cc3)nc2c1. The predicted octanol–water partition coefficient (Wildman–Crippen LogP) is 5.24. The van der Waals surface area contributed by atoms with Crippen molar-refractivity contribution in [1.82, 2.24) is 4.98 Å². The molecule has 30 heavy (non-hydrogen) atoms. The van der Waals surface area contributed by atoms with Gasteiger partial charge in [-0.25, -0.2) is 13.4 Å². The van der Waals surface area contributed by atoms with Gasteiger partial charge in [0.05, 0.1) is 17.7 Å². The highest BCUT2D eigenvalue weighted by atomic mass is 32.2. The normalized spacial score (nSPS) is 11.5. The number of fused-ring (bicyclic) bond motifs is 1. The molecule has 0 radical (unpaired) electrons. The van der Waals surface area contributed by atoms with Crippen LogP contribution in [0.4, 0.5) is 5.69 Å². The Morgan fingerprint density at radius 3 is 2.60 bits per heavy atom. The lowest BCUT2D eigenvalue weighted by atomic mass is 10.2. The van der Waals surface area contributed by atoms with Crippen molar-refractivity contribution in [2.75, 3.05) is 11.8 Å². The molecule has 0 amide bonds. The number of nitrogens with zero attached hydrogens (tertiary/aromatic N) is 1. The van der Waals surface area contributed by atoms with Crippen LogP contribution in [-0.2, 0) is 15.8 Å². The molecule has 0 aliphatic rings. The molecular formula is C22H20N2O4S2. The van der Waals surface area contributed by atoms with Gasteiger partial charge in [0.1, 0.15) is 11.3 Å². The third kappa shape index (κ3) is 4.44. The molecule has 6 nitrogen and oxygen atoms in total. The first-order valence-electron chi connectivity index (χ1n) is 9.19. The molecule has 0 unspecified atom stereocenters. The monoisotopic (exact) mass is 440 g/mol. The molecule has 0 aliphatic heterocycles. The number of rotatable bonds is 7. The van der Waals surface area contributed by atoms with Crippen LogP contribution in [-0.4, -0.2) is 20.5 Å². The number of hydrogen-bond acceptors (Lipinski definition) is 6. The number of nitrogens with one attached hydrogen (secondary N) is 1. The summed E-state index contributed by atoms with van der Waals surface area (Å²) in [4.78, 5) is 4.54. The van der Waals surface area contributed by atoms with Gasteiger partial charge in [0.15, 0.2) is 5.58 Å². The number of ether oxygens (including phenoxy) is 1. The van der Waals surface area contributed by atoms with Crippen molar-refractivity contribution in [1.29, 1.82) is 0 Å². The lowest BCUT2D eigenvalue weighted by Crippen LogP contribution is -2.13. The van der Waals surface area contributed by atoms with E-state index in [2.05, 4.69) is 34.0 Å². The Labute approximate surface area is 179 Å². The molecule has 0 spiro atoms. The lowest BCUT2D eigenvalue weighted by Gasteiger charge is -2.11. The Bertz CT molecular complexity index is 1280. The van der Waals surface area contributed by atoms with Crippen molar-refractivity contribution in [3.05, 3.63) is 77.9 Å². The zero-order valence-electron chi connectivity index (χ0n) is 16.5. The highest BCUT2D eigenvalue weighted by Gasteiger charge is 2.18. The van der Waals surface area contributed by atoms with Crippen molar-refractivity contribution in [3.63, 3.8) is 0 Å². The first-order chi connectivity index (χ1) is 14.4. The summed E-state index contributed by atoms with van der Waals surface area (Å²) in [6.45, 7) is 2.05. The summed E-state index contributed by atoms with van der Waals surface area (Å²) in [7, 11) is -2.32. The number of anilines is 1. The van der Waals surface area contributed by atoms with Gasteiger partial charge >= 0.3 is 0 Å². The summed E-state index contributed by atoms with van der Waals surface area (Å²) in [6, 6.07) is 19.7. The Morgan fingerprint density at radius 2 is 1.83 bits per heavy atom. The van der Waals surface area contributed by atoms with E-state index in [1.807, 2.05) is 6.92 Å². The van der Waals surface area contributed by atoms with E-state index in [1.165, 1.54) is 36.6 Å². The van der Waals surface area contributed by atoms with E-state index in [4.69, 9.17) is 9.15 Å². The minimum atomic E-state index is -3.81. The molecule has 0 saturated heterocycles. The van der Waals surface area contributed by atoms with E-state index in [-0.39, 0.29) is 4.90 Å². The van der Waals surface area contributed by atoms with Gasteiger partial charge in [0, 0.05) is 5.75 Å². The van der Waals surface area contributed by atoms with E-state index in [1.54, 1.807) is 30.3 Å². The smallest absolute Gasteiger partial charge is 0.262 e. The fourth-order valence-corrected chi connectivity index (χ4v) is 4.76. The van der Waals surface area contributed by atoms with Gasteiger partial charge in [-0.05, 0) is 42.8 Å². The van der Waals surface area contributed by atoms with Crippen LogP contribution < -0.4 is 9.46 Å². The molecule has 0 fully saturated rings. The minimum absolute atomic E-state index is 0.101. The van der Waals surface area contributed by atoms with E-state index in [9.17, 15) is 8.42 Å². The lowest BCUT2D eigenvalue weighted by molar-refractivity contribution is 0.417.